The Labute approximate surface area is 127 Å². The van der Waals surface area contributed by atoms with E-state index >= 15 is 0 Å². The van der Waals surface area contributed by atoms with Crippen LogP contribution in [0.1, 0.15) is 46.5 Å². The number of rotatable bonds is 3. The molecule has 2 aliphatic rings. The standard InChI is InChI=1S/C16H28N2O3/c1-12(2)21-15-6-10-18(11-7-15)16(20)14-4-8-17(9-5-14)13(3)19/h12,14-15H,4-11H2,1-3H3. The zero-order chi connectivity index (χ0) is 15.4. The van der Waals surface area contributed by atoms with Crippen LogP contribution in [0.2, 0.25) is 0 Å². The second-order valence-corrected chi connectivity index (χ2v) is 6.49. The Hall–Kier alpha value is -1.10. The molecule has 0 atom stereocenters. The van der Waals surface area contributed by atoms with Crippen molar-refractivity contribution in [3.63, 3.8) is 0 Å². The number of hydrogen-bond donors (Lipinski definition) is 0. The van der Waals surface area contributed by atoms with Gasteiger partial charge in [0.2, 0.25) is 11.8 Å². The molecule has 0 aromatic heterocycles. The Bertz CT molecular complexity index is 368. The minimum atomic E-state index is 0.100. The molecule has 2 fully saturated rings. The highest BCUT2D eigenvalue weighted by molar-refractivity contribution is 5.79. The van der Waals surface area contributed by atoms with Crippen molar-refractivity contribution < 1.29 is 14.3 Å². The average molecular weight is 296 g/mol. The molecular weight excluding hydrogens is 268 g/mol. The molecule has 120 valence electrons. The number of carbonyl (C=O) groups excluding carboxylic acids is 2. The van der Waals surface area contributed by atoms with Crippen LogP contribution in [-0.4, -0.2) is 60.0 Å². The molecule has 0 aliphatic carbocycles. The van der Waals surface area contributed by atoms with E-state index in [1.807, 2.05) is 9.80 Å². The lowest BCUT2D eigenvalue weighted by Gasteiger charge is -2.37. The SMILES string of the molecule is CC(=O)N1CCC(C(=O)N2CCC(OC(C)C)CC2)CC1. The third kappa shape index (κ3) is 4.43. The third-order valence-electron chi connectivity index (χ3n) is 4.51. The first-order chi connectivity index (χ1) is 9.97. The summed E-state index contributed by atoms with van der Waals surface area (Å²) in [5.74, 6) is 0.497. The van der Waals surface area contributed by atoms with Gasteiger partial charge in [0.25, 0.3) is 0 Å². The van der Waals surface area contributed by atoms with Crippen molar-refractivity contribution in [2.75, 3.05) is 26.2 Å². The largest absolute Gasteiger partial charge is 0.375 e. The molecule has 2 rings (SSSR count). The van der Waals surface area contributed by atoms with Gasteiger partial charge in [-0.05, 0) is 39.5 Å². The van der Waals surface area contributed by atoms with Gasteiger partial charge in [0.15, 0.2) is 0 Å². The van der Waals surface area contributed by atoms with Gasteiger partial charge in [0, 0.05) is 39.0 Å². The Morgan fingerprint density at radius 1 is 0.952 bits per heavy atom. The number of nitrogens with zero attached hydrogens (tertiary/aromatic N) is 2. The Balaban J connectivity index is 1.76. The van der Waals surface area contributed by atoms with Gasteiger partial charge in [-0.15, -0.1) is 0 Å². The van der Waals surface area contributed by atoms with E-state index in [0.717, 1.165) is 51.9 Å². The molecule has 0 unspecified atom stereocenters. The van der Waals surface area contributed by atoms with Gasteiger partial charge in [-0.1, -0.05) is 0 Å². The van der Waals surface area contributed by atoms with Crippen LogP contribution in [0.4, 0.5) is 0 Å². The molecule has 2 aliphatic heterocycles. The van der Waals surface area contributed by atoms with Gasteiger partial charge >= 0.3 is 0 Å². The second kappa shape index (κ2) is 7.25. The van der Waals surface area contributed by atoms with Crippen LogP contribution in [0, 0.1) is 5.92 Å². The Morgan fingerprint density at radius 3 is 1.95 bits per heavy atom. The summed E-state index contributed by atoms with van der Waals surface area (Å²) in [5.41, 5.74) is 0. The molecule has 0 aromatic carbocycles. The molecule has 2 saturated heterocycles. The monoisotopic (exact) mass is 296 g/mol. The van der Waals surface area contributed by atoms with Crippen molar-refractivity contribution in [2.24, 2.45) is 5.92 Å². The minimum Gasteiger partial charge on any atom is -0.375 e. The van der Waals surface area contributed by atoms with Crippen LogP contribution in [0.25, 0.3) is 0 Å². The number of likely N-dealkylation sites (tertiary alicyclic amines) is 2. The normalized spacial score (nSPS) is 21.9. The van der Waals surface area contributed by atoms with Crippen molar-refractivity contribution in [1.82, 2.24) is 9.80 Å². The lowest BCUT2D eigenvalue weighted by Crippen LogP contribution is -2.47. The van der Waals surface area contributed by atoms with Gasteiger partial charge in [0.1, 0.15) is 0 Å². The molecule has 0 spiro atoms. The molecule has 5 heteroatoms. The zero-order valence-corrected chi connectivity index (χ0v) is 13.5. The van der Waals surface area contributed by atoms with E-state index in [1.165, 1.54) is 0 Å². The highest BCUT2D eigenvalue weighted by atomic mass is 16.5. The van der Waals surface area contributed by atoms with E-state index in [4.69, 9.17) is 4.74 Å². The summed E-state index contributed by atoms with van der Waals surface area (Å²) < 4.78 is 5.82. The summed E-state index contributed by atoms with van der Waals surface area (Å²) in [4.78, 5) is 27.7. The molecule has 21 heavy (non-hydrogen) atoms. The van der Waals surface area contributed by atoms with Crippen molar-refractivity contribution in [3.8, 4) is 0 Å². The Morgan fingerprint density at radius 2 is 1.48 bits per heavy atom. The summed E-state index contributed by atoms with van der Waals surface area (Å²) in [5, 5.41) is 0. The van der Waals surface area contributed by atoms with Crippen molar-refractivity contribution >= 4 is 11.8 Å². The van der Waals surface area contributed by atoms with Crippen molar-refractivity contribution in [3.05, 3.63) is 0 Å². The first kappa shape index (κ1) is 16.3. The van der Waals surface area contributed by atoms with Crippen molar-refractivity contribution in [1.29, 1.82) is 0 Å². The maximum atomic E-state index is 12.5. The molecule has 0 radical (unpaired) electrons. The van der Waals surface area contributed by atoms with E-state index in [1.54, 1.807) is 6.92 Å². The van der Waals surface area contributed by atoms with Crippen LogP contribution in [0.15, 0.2) is 0 Å². The third-order valence-corrected chi connectivity index (χ3v) is 4.51. The van der Waals surface area contributed by atoms with Crippen LogP contribution < -0.4 is 0 Å². The summed E-state index contributed by atoms with van der Waals surface area (Å²) in [7, 11) is 0. The Kier molecular flexibility index (Phi) is 5.62. The molecule has 5 nitrogen and oxygen atoms in total. The second-order valence-electron chi connectivity index (χ2n) is 6.49. The van der Waals surface area contributed by atoms with E-state index in [-0.39, 0.29) is 23.8 Å². The van der Waals surface area contributed by atoms with Crippen LogP contribution in [0.5, 0.6) is 0 Å². The zero-order valence-electron chi connectivity index (χ0n) is 13.5. The lowest BCUT2D eigenvalue weighted by atomic mass is 9.94. The van der Waals surface area contributed by atoms with Gasteiger partial charge in [-0.3, -0.25) is 9.59 Å². The van der Waals surface area contributed by atoms with Crippen molar-refractivity contribution in [2.45, 2.75) is 58.7 Å². The van der Waals surface area contributed by atoms with E-state index < -0.39 is 0 Å². The maximum Gasteiger partial charge on any atom is 0.225 e. The topological polar surface area (TPSA) is 49.9 Å². The number of ether oxygens (including phenoxy) is 1. The number of carbonyl (C=O) groups is 2. The van der Waals surface area contributed by atoms with E-state index in [0.29, 0.717) is 6.10 Å². The molecule has 2 heterocycles. The molecule has 0 N–H and O–H groups in total. The van der Waals surface area contributed by atoms with Crippen LogP contribution in [0.3, 0.4) is 0 Å². The van der Waals surface area contributed by atoms with Gasteiger partial charge in [0.05, 0.1) is 12.2 Å². The maximum absolute atomic E-state index is 12.5. The first-order valence-corrected chi connectivity index (χ1v) is 8.17. The highest BCUT2D eigenvalue weighted by Crippen LogP contribution is 2.23. The van der Waals surface area contributed by atoms with Gasteiger partial charge in [-0.2, -0.15) is 0 Å². The van der Waals surface area contributed by atoms with E-state index in [9.17, 15) is 9.59 Å². The van der Waals surface area contributed by atoms with Gasteiger partial charge < -0.3 is 14.5 Å². The smallest absolute Gasteiger partial charge is 0.225 e. The van der Waals surface area contributed by atoms with E-state index in [2.05, 4.69) is 13.8 Å². The molecule has 0 bridgehead atoms. The van der Waals surface area contributed by atoms with Gasteiger partial charge in [-0.25, -0.2) is 0 Å². The van der Waals surface area contributed by atoms with Crippen LogP contribution >= 0.6 is 0 Å². The summed E-state index contributed by atoms with van der Waals surface area (Å²) in [6.45, 7) is 8.77. The number of piperidine rings is 2. The average Bonchev–Trinajstić information content (AvgIpc) is 2.47. The summed E-state index contributed by atoms with van der Waals surface area (Å²) in [6, 6.07) is 0. The summed E-state index contributed by atoms with van der Waals surface area (Å²) >= 11 is 0. The molecule has 0 saturated carbocycles. The lowest BCUT2D eigenvalue weighted by molar-refractivity contribution is -0.142. The summed E-state index contributed by atoms with van der Waals surface area (Å²) in [6.07, 6.45) is 4.05. The molecular formula is C16H28N2O3. The predicted octanol–water partition coefficient (Wildman–Crippen LogP) is 1.66. The minimum absolute atomic E-state index is 0.100. The first-order valence-electron chi connectivity index (χ1n) is 8.17. The number of hydrogen-bond acceptors (Lipinski definition) is 3. The molecule has 0 aromatic rings. The highest BCUT2D eigenvalue weighted by Gasteiger charge is 2.31. The fraction of sp³-hybridized carbons (Fsp3) is 0.875. The number of amides is 2. The quantitative estimate of drug-likeness (QED) is 0.796. The molecule has 2 amide bonds. The fourth-order valence-electron chi connectivity index (χ4n) is 3.30. The fourth-order valence-corrected chi connectivity index (χ4v) is 3.30. The predicted molar refractivity (Wildman–Crippen MR) is 80.8 cm³/mol. The van der Waals surface area contributed by atoms with Crippen LogP contribution in [-0.2, 0) is 14.3 Å².